The van der Waals surface area contributed by atoms with Crippen molar-refractivity contribution in [1.29, 1.82) is 0 Å². The number of carbonyl (C=O) groups is 3. The number of ether oxygens (including phenoxy) is 3. The minimum absolute atomic E-state index is 0.0822. The average molecular weight is 1000 g/mol. The second-order valence-electron chi connectivity index (χ2n) is 19.5. The quantitative estimate of drug-likeness (QED) is 0.0261. The smallest absolute Gasteiger partial charge is 0.306 e. The van der Waals surface area contributed by atoms with Gasteiger partial charge in [-0.05, 0) is 109 Å². The molecule has 0 spiro atoms. The van der Waals surface area contributed by atoms with Crippen LogP contribution in [-0.4, -0.2) is 37.2 Å². The van der Waals surface area contributed by atoms with E-state index in [1.807, 2.05) is 0 Å². The van der Waals surface area contributed by atoms with Gasteiger partial charge in [0.05, 0.1) is 0 Å². The van der Waals surface area contributed by atoms with E-state index < -0.39 is 6.10 Å². The molecule has 72 heavy (non-hydrogen) atoms. The Bertz CT molecular complexity index is 1470. The molecule has 0 aromatic heterocycles. The van der Waals surface area contributed by atoms with Crippen molar-refractivity contribution in [2.75, 3.05) is 13.2 Å². The predicted molar refractivity (Wildman–Crippen MR) is 311 cm³/mol. The highest BCUT2D eigenvalue weighted by atomic mass is 16.6. The third-order valence-electron chi connectivity index (χ3n) is 12.5. The van der Waals surface area contributed by atoms with Gasteiger partial charge in [-0.15, -0.1) is 0 Å². The zero-order valence-electron chi connectivity index (χ0n) is 46.9. The lowest BCUT2D eigenvalue weighted by atomic mass is 10.1. The molecule has 1 atom stereocenters. The molecule has 0 fully saturated rings. The molecule has 0 saturated heterocycles. The number of rotatable bonds is 53. The fraction of sp³-hybridized carbons (Fsp3) is 0.682. The van der Waals surface area contributed by atoms with Crippen molar-refractivity contribution < 1.29 is 28.6 Å². The van der Waals surface area contributed by atoms with Gasteiger partial charge in [0, 0.05) is 19.3 Å². The predicted octanol–water partition coefficient (Wildman–Crippen LogP) is 20.3. The van der Waals surface area contributed by atoms with Crippen LogP contribution in [0.4, 0.5) is 0 Å². The van der Waals surface area contributed by atoms with Crippen molar-refractivity contribution in [3.05, 3.63) is 109 Å². The first-order chi connectivity index (χ1) is 35.5. The Kier molecular flexibility index (Phi) is 56.4. The summed E-state index contributed by atoms with van der Waals surface area (Å²) in [5.74, 6) is -0.902. The minimum Gasteiger partial charge on any atom is -0.462 e. The molecule has 0 bridgehead atoms. The van der Waals surface area contributed by atoms with Crippen LogP contribution in [0.2, 0.25) is 0 Å². The molecule has 0 heterocycles. The number of allylic oxidation sites excluding steroid dienone is 18. The summed E-state index contributed by atoms with van der Waals surface area (Å²) in [6.45, 7) is 6.47. The molecule has 0 N–H and O–H groups in total. The van der Waals surface area contributed by atoms with Gasteiger partial charge in [-0.3, -0.25) is 14.4 Å². The van der Waals surface area contributed by atoms with Crippen LogP contribution in [0, 0.1) is 0 Å². The van der Waals surface area contributed by atoms with Crippen LogP contribution < -0.4 is 0 Å². The summed E-state index contributed by atoms with van der Waals surface area (Å²) in [7, 11) is 0. The van der Waals surface area contributed by atoms with Crippen molar-refractivity contribution in [3.8, 4) is 0 Å². The zero-order valence-corrected chi connectivity index (χ0v) is 46.9. The lowest BCUT2D eigenvalue weighted by Crippen LogP contribution is -2.30. The van der Waals surface area contributed by atoms with Crippen LogP contribution in [0.5, 0.6) is 0 Å². The summed E-state index contributed by atoms with van der Waals surface area (Å²) >= 11 is 0. The van der Waals surface area contributed by atoms with Crippen molar-refractivity contribution in [1.82, 2.24) is 0 Å². The SMILES string of the molecule is CC/C=C\C/C=C\C/C=C\C/C=C\C/C=C\C/C=C\C/C=C\C/C=C\CCCCCCCCCCC(=O)OCC(COC(=O)CCCCCCCCCCC)OC(=O)CCCCCCC/C=C\CCCCC. The summed E-state index contributed by atoms with van der Waals surface area (Å²) in [6, 6.07) is 0. The Labute approximate surface area is 444 Å². The van der Waals surface area contributed by atoms with Crippen LogP contribution in [0.15, 0.2) is 109 Å². The van der Waals surface area contributed by atoms with E-state index in [1.54, 1.807) is 0 Å². The Balaban J connectivity index is 4.16. The van der Waals surface area contributed by atoms with Crippen molar-refractivity contribution >= 4 is 17.9 Å². The van der Waals surface area contributed by atoms with E-state index in [0.29, 0.717) is 19.3 Å². The van der Waals surface area contributed by atoms with Gasteiger partial charge in [0.2, 0.25) is 0 Å². The van der Waals surface area contributed by atoms with E-state index >= 15 is 0 Å². The van der Waals surface area contributed by atoms with E-state index in [2.05, 4.69) is 130 Å². The van der Waals surface area contributed by atoms with Crippen LogP contribution in [0.1, 0.15) is 271 Å². The van der Waals surface area contributed by atoms with Gasteiger partial charge in [0.1, 0.15) is 13.2 Å². The second kappa shape index (κ2) is 59.6. The Morgan fingerprint density at radius 1 is 0.292 bits per heavy atom. The first-order valence-electron chi connectivity index (χ1n) is 29.9. The fourth-order valence-corrected chi connectivity index (χ4v) is 8.04. The highest BCUT2D eigenvalue weighted by Gasteiger charge is 2.19. The number of esters is 3. The van der Waals surface area contributed by atoms with Crippen molar-refractivity contribution in [2.24, 2.45) is 0 Å². The van der Waals surface area contributed by atoms with Crippen molar-refractivity contribution in [3.63, 3.8) is 0 Å². The molecule has 1 unspecified atom stereocenters. The molecule has 0 aliphatic heterocycles. The van der Waals surface area contributed by atoms with Gasteiger partial charge in [0.15, 0.2) is 6.10 Å². The molecular weight excluding hydrogens is 889 g/mol. The van der Waals surface area contributed by atoms with Crippen LogP contribution >= 0.6 is 0 Å². The highest BCUT2D eigenvalue weighted by molar-refractivity contribution is 5.71. The van der Waals surface area contributed by atoms with E-state index in [4.69, 9.17) is 14.2 Å². The number of unbranched alkanes of at least 4 members (excludes halogenated alkanes) is 24. The van der Waals surface area contributed by atoms with E-state index in [0.717, 1.165) is 128 Å². The van der Waals surface area contributed by atoms with Gasteiger partial charge < -0.3 is 14.2 Å². The third-order valence-corrected chi connectivity index (χ3v) is 12.5. The first-order valence-corrected chi connectivity index (χ1v) is 29.9. The molecule has 0 saturated carbocycles. The Morgan fingerprint density at radius 3 is 0.889 bits per heavy atom. The average Bonchev–Trinajstić information content (AvgIpc) is 3.38. The molecule has 0 aliphatic rings. The maximum Gasteiger partial charge on any atom is 0.306 e. The van der Waals surface area contributed by atoms with E-state index in [-0.39, 0.29) is 31.1 Å². The zero-order chi connectivity index (χ0) is 52.2. The maximum absolute atomic E-state index is 12.8. The number of hydrogen-bond donors (Lipinski definition) is 0. The first kappa shape index (κ1) is 68.1. The molecule has 6 heteroatoms. The summed E-state index contributed by atoms with van der Waals surface area (Å²) in [5, 5.41) is 0. The summed E-state index contributed by atoms with van der Waals surface area (Å²) in [5.41, 5.74) is 0. The van der Waals surface area contributed by atoms with Gasteiger partial charge in [0.25, 0.3) is 0 Å². The number of carbonyl (C=O) groups excluding carboxylic acids is 3. The van der Waals surface area contributed by atoms with Crippen LogP contribution in [-0.2, 0) is 28.6 Å². The standard InChI is InChI=1S/C66H110O6/c1-4-7-10-13-16-19-21-23-24-25-26-27-28-29-30-31-32-33-34-35-36-37-38-39-40-41-42-43-45-47-50-53-56-59-65(68)71-62-63(61-70-64(67)58-55-52-49-46-18-15-12-9-6-3)72-66(69)60-57-54-51-48-44-22-20-17-14-11-8-5-2/h7,10,16-17,19-20,23-24,26-27,29-30,32-33,35-36,38-39,63H,4-6,8-9,11-15,18,21-22,25,28,31,34,37,40-62H2,1-3H3/b10-7-,19-16-,20-17-,24-23-,27-26-,30-29-,33-32-,36-35-,39-38-. The molecule has 0 rings (SSSR count). The normalized spacial score (nSPS) is 12.9. The molecule has 0 aromatic rings. The van der Waals surface area contributed by atoms with Gasteiger partial charge in [-0.2, -0.15) is 0 Å². The van der Waals surface area contributed by atoms with Gasteiger partial charge in [-0.25, -0.2) is 0 Å². The van der Waals surface area contributed by atoms with Gasteiger partial charge >= 0.3 is 17.9 Å². The summed E-state index contributed by atoms with van der Waals surface area (Å²) in [4.78, 5) is 38.0. The fourth-order valence-electron chi connectivity index (χ4n) is 8.04. The third kappa shape index (κ3) is 57.0. The molecule has 0 amide bonds. The van der Waals surface area contributed by atoms with Gasteiger partial charge in [-0.1, -0.05) is 252 Å². The molecule has 0 aromatic carbocycles. The molecule has 410 valence electrons. The second-order valence-corrected chi connectivity index (χ2v) is 19.5. The van der Waals surface area contributed by atoms with Crippen molar-refractivity contribution in [2.45, 2.75) is 277 Å². The Morgan fingerprint density at radius 2 is 0.542 bits per heavy atom. The largest absolute Gasteiger partial charge is 0.462 e. The Hall–Kier alpha value is -3.93. The molecule has 0 radical (unpaired) electrons. The monoisotopic (exact) mass is 999 g/mol. The molecule has 6 nitrogen and oxygen atoms in total. The lowest BCUT2D eigenvalue weighted by molar-refractivity contribution is -0.167. The molecular formula is C66H110O6. The van der Waals surface area contributed by atoms with Crippen LogP contribution in [0.3, 0.4) is 0 Å². The lowest BCUT2D eigenvalue weighted by Gasteiger charge is -2.18. The molecule has 0 aliphatic carbocycles. The number of hydrogen-bond acceptors (Lipinski definition) is 6. The van der Waals surface area contributed by atoms with Crippen LogP contribution in [0.25, 0.3) is 0 Å². The summed E-state index contributed by atoms with van der Waals surface area (Å²) in [6.07, 6.45) is 81.0. The highest BCUT2D eigenvalue weighted by Crippen LogP contribution is 2.15. The maximum atomic E-state index is 12.8. The minimum atomic E-state index is -0.783. The summed E-state index contributed by atoms with van der Waals surface area (Å²) < 4.78 is 16.8. The van der Waals surface area contributed by atoms with E-state index in [1.165, 1.54) is 103 Å². The topological polar surface area (TPSA) is 78.9 Å². The van der Waals surface area contributed by atoms with E-state index in [9.17, 15) is 14.4 Å².